The summed E-state index contributed by atoms with van der Waals surface area (Å²) in [5, 5.41) is 8.31. The average molecular weight is 299 g/mol. The van der Waals surface area contributed by atoms with E-state index in [0.717, 1.165) is 31.1 Å². The van der Waals surface area contributed by atoms with E-state index in [9.17, 15) is 0 Å². The second-order valence-corrected chi connectivity index (χ2v) is 5.30. The summed E-state index contributed by atoms with van der Waals surface area (Å²) in [6.45, 7) is 8.06. The Morgan fingerprint density at radius 1 is 1.27 bits per heavy atom. The number of rotatable bonds is 4. The molecular weight excluding hydrogens is 278 g/mol. The maximum absolute atomic E-state index is 5.37. The molecule has 3 rings (SSSR count). The molecule has 6 heteroatoms. The summed E-state index contributed by atoms with van der Waals surface area (Å²) >= 11 is 0. The van der Waals surface area contributed by atoms with Crippen molar-refractivity contribution >= 4 is 17.5 Å². The van der Waals surface area contributed by atoms with Crippen LogP contribution in [0.3, 0.4) is 0 Å². The van der Waals surface area contributed by atoms with Crippen molar-refractivity contribution in [2.24, 2.45) is 0 Å². The lowest BCUT2D eigenvalue weighted by Gasteiger charge is -2.28. The van der Waals surface area contributed by atoms with E-state index in [1.54, 1.807) is 6.20 Å². The lowest BCUT2D eigenvalue weighted by molar-refractivity contribution is 0.122. The Bertz CT molecular complexity index is 627. The van der Waals surface area contributed by atoms with Gasteiger partial charge in [-0.25, -0.2) is 0 Å². The normalized spacial score (nSPS) is 14.9. The van der Waals surface area contributed by atoms with Crippen LogP contribution in [-0.2, 0) is 4.74 Å². The van der Waals surface area contributed by atoms with Gasteiger partial charge in [-0.15, -0.1) is 5.10 Å². The van der Waals surface area contributed by atoms with Gasteiger partial charge in [0, 0.05) is 25.3 Å². The lowest BCUT2D eigenvalue weighted by Crippen LogP contribution is -2.37. The minimum absolute atomic E-state index is 0.673. The second-order valence-electron chi connectivity index (χ2n) is 5.30. The molecular formula is C16H21N5O. The van der Waals surface area contributed by atoms with Crippen LogP contribution in [0.2, 0.25) is 0 Å². The van der Waals surface area contributed by atoms with Crippen LogP contribution >= 0.6 is 0 Å². The lowest BCUT2D eigenvalue weighted by atomic mass is 10.2. The number of morpholine rings is 1. The number of hydrogen-bond donors (Lipinski definition) is 0. The summed E-state index contributed by atoms with van der Waals surface area (Å²) in [6.07, 6.45) is 1.72. The summed E-state index contributed by atoms with van der Waals surface area (Å²) in [4.78, 5) is 8.96. The Kier molecular flexibility index (Phi) is 4.48. The Morgan fingerprint density at radius 3 is 2.82 bits per heavy atom. The van der Waals surface area contributed by atoms with Gasteiger partial charge >= 0.3 is 0 Å². The van der Waals surface area contributed by atoms with Gasteiger partial charge in [0.15, 0.2) is 5.82 Å². The van der Waals surface area contributed by atoms with Crippen LogP contribution < -0.4 is 9.80 Å². The molecule has 1 aliphatic rings. The zero-order valence-corrected chi connectivity index (χ0v) is 13.1. The molecule has 0 saturated carbocycles. The molecule has 0 N–H and O–H groups in total. The van der Waals surface area contributed by atoms with Crippen LogP contribution in [0, 0.1) is 6.92 Å². The minimum Gasteiger partial charge on any atom is -0.378 e. The first-order chi connectivity index (χ1) is 10.8. The van der Waals surface area contributed by atoms with E-state index >= 15 is 0 Å². The smallest absolute Gasteiger partial charge is 0.247 e. The molecule has 0 amide bonds. The van der Waals surface area contributed by atoms with Crippen LogP contribution in [0.15, 0.2) is 30.5 Å². The summed E-state index contributed by atoms with van der Waals surface area (Å²) in [7, 11) is 0. The molecule has 1 saturated heterocycles. The molecule has 0 unspecified atom stereocenters. The number of aromatic nitrogens is 3. The van der Waals surface area contributed by atoms with Gasteiger partial charge in [0.1, 0.15) is 0 Å². The van der Waals surface area contributed by atoms with Crippen molar-refractivity contribution in [1.29, 1.82) is 0 Å². The molecule has 1 aliphatic heterocycles. The Hall–Kier alpha value is -2.21. The molecule has 2 heterocycles. The summed E-state index contributed by atoms with van der Waals surface area (Å²) < 4.78 is 5.37. The second kappa shape index (κ2) is 6.70. The fourth-order valence-electron chi connectivity index (χ4n) is 2.59. The molecule has 0 radical (unpaired) electrons. The topological polar surface area (TPSA) is 54.4 Å². The van der Waals surface area contributed by atoms with Crippen molar-refractivity contribution in [3.8, 4) is 0 Å². The van der Waals surface area contributed by atoms with E-state index in [1.807, 2.05) is 0 Å². The number of hydrogen-bond acceptors (Lipinski definition) is 6. The number of ether oxygens (including phenoxy) is 1. The molecule has 1 aromatic heterocycles. The largest absolute Gasteiger partial charge is 0.378 e. The van der Waals surface area contributed by atoms with E-state index in [-0.39, 0.29) is 0 Å². The van der Waals surface area contributed by atoms with Gasteiger partial charge in [-0.05, 0) is 31.5 Å². The summed E-state index contributed by atoms with van der Waals surface area (Å²) in [5.41, 5.74) is 2.35. The van der Waals surface area contributed by atoms with Crippen LogP contribution in [0.5, 0.6) is 0 Å². The third-order valence-electron chi connectivity index (χ3n) is 3.73. The zero-order chi connectivity index (χ0) is 15.4. The fourth-order valence-corrected chi connectivity index (χ4v) is 2.59. The Balaban J connectivity index is 1.89. The van der Waals surface area contributed by atoms with Gasteiger partial charge in [-0.2, -0.15) is 10.1 Å². The summed E-state index contributed by atoms with van der Waals surface area (Å²) in [6, 6.07) is 8.40. The van der Waals surface area contributed by atoms with E-state index < -0.39 is 0 Å². The van der Waals surface area contributed by atoms with E-state index in [0.29, 0.717) is 19.2 Å². The van der Waals surface area contributed by atoms with Gasteiger partial charge < -0.3 is 14.5 Å². The first-order valence-corrected chi connectivity index (χ1v) is 7.64. The third kappa shape index (κ3) is 3.17. The average Bonchev–Trinajstić information content (AvgIpc) is 2.57. The van der Waals surface area contributed by atoms with E-state index in [4.69, 9.17) is 9.72 Å². The first-order valence-electron chi connectivity index (χ1n) is 7.64. The van der Waals surface area contributed by atoms with Crippen LogP contribution in [0.4, 0.5) is 17.5 Å². The highest BCUT2D eigenvalue weighted by Crippen LogP contribution is 2.24. The Labute approximate surface area is 130 Å². The zero-order valence-electron chi connectivity index (χ0n) is 13.1. The quantitative estimate of drug-likeness (QED) is 0.862. The highest BCUT2D eigenvalue weighted by molar-refractivity contribution is 5.60. The highest BCUT2D eigenvalue weighted by Gasteiger charge is 2.17. The standard InChI is InChI=1S/C16H21N5O/c1-3-21(14-6-4-5-13(2)11-14)15-12-17-19-16(18-15)20-7-9-22-10-8-20/h4-6,11-12H,3,7-10H2,1-2H3. The highest BCUT2D eigenvalue weighted by atomic mass is 16.5. The fraction of sp³-hybridized carbons (Fsp3) is 0.438. The number of aryl methyl sites for hydroxylation is 1. The van der Waals surface area contributed by atoms with Crippen LogP contribution in [0.25, 0.3) is 0 Å². The minimum atomic E-state index is 0.673. The van der Waals surface area contributed by atoms with E-state index in [2.05, 4.69) is 58.1 Å². The van der Waals surface area contributed by atoms with Crippen LogP contribution in [0.1, 0.15) is 12.5 Å². The number of benzene rings is 1. The Morgan fingerprint density at radius 2 is 2.09 bits per heavy atom. The van der Waals surface area contributed by atoms with Crippen molar-refractivity contribution in [2.45, 2.75) is 13.8 Å². The first kappa shape index (κ1) is 14.7. The third-order valence-corrected chi connectivity index (χ3v) is 3.73. The van der Waals surface area contributed by atoms with Gasteiger partial charge in [-0.1, -0.05) is 12.1 Å². The predicted molar refractivity (Wildman–Crippen MR) is 86.7 cm³/mol. The molecule has 116 valence electrons. The molecule has 6 nitrogen and oxygen atoms in total. The molecule has 0 aliphatic carbocycles. The molecule has 1 aromatic carbocycles. The van der Waals surface area contributed by atoms with Crippen molar-refractivity contribution < 1.29 is 4.74 Å². The molecule has 1 fully saturated rings. The van der Waals surface area contributed by atoms with Gasteiger partial charge in [0.25, 0.3) is 0 Å². The van der Waals surface area contributed by atoms with Gasteiger partial charge in [0.05, 0.1) is 19.4 Å². The predicted octanol–water partition coefficient (Wildman–Crippen LogP) is 2.17. The van der Waals surface area contributed by atoms with Crippen molar-refractivity contribution in [3.05, 3.63) is 36.0 Å². The van der Waals surface area contributed by atoms with Gasteiger partial charge in [0.2, 0.25) is 5.95 Å². The maximum atomic E-state index is 5.37. The van der Waals surface area contributed by atoms with Gasteiger partial charge in [-0.3, -0.25) is 0 Å². The van der Waals surface area contributed by atoms with Crippen molar-refractivity contribution in [3.63, 3.8) is 0 Å². The SMILES string of the molecule is CCN(c1cccc(C)c1)c1cnnc(N2CCOCC2)n1. The van der Waals surface area contributed by atoms with E-state index in [1.165, 1.54) is 5.56 Å². The molecule has 0 spiro atoms. The monoisotopic (exact) mass is 299 g/mol. The number of nitrogens with zero attached hydrogens (tertiary/aromatic N) is 5. The molecule has 0 atom stereocenters. The maximum Gasteiger partial charge on any atom is 0.247 e. The van der Waals surface area contributed by atoms with Crippen molar-refractivity contribution in [2.75, 3.05) is 42.6 Å². The van der Waals surface area contributed by atoms with Crippen molar-refractivity contribution in [1.82, 2.24) is 15.2 Å². The summed E-state index contributed by atoms with van der Waals surface area (Å²) in [5.74, 6) is 1.50. The molecule has 2 aromatic rings. The number of anilines is 3. The molecule has 22 heavy (non-hydrogen) atoms. The molecule has 0 bridgehead atoms. The van der Waals surface area contributed by atoms with Crippen LogP contribution in [-0.4, -0.2) is 48.0 Å².